The first-order valence-corrected chi connectivity index (χ1v) is 6.10. The SMILES string of the molecule is O=C1NCCCN1Cc1nc(-c2ccccn2)no1. The first kappa shape index (κ1) is 11.6. The number of pyridine rings is 1. The van der Waals surface area contributed by atoms with Crippen molar-refractivity contribution >= 4 is 6.03 Å². The van der Waals surface area contributed by atoms with E-state index in [0.717, 1.165) is 13.0 Å². The topological polar surface area (TPSA) is 84.2 Å². The molecule has 1 fully saturated rings. The van der Waals surface area contributed by atoms with Crippen LogP contribution in [0, 0.1) is 0 Å². The van der Waals surface area contributed by atoms with E-state index in [-0.39, 0.29) is 6.03 Å². The third-order valence-corrected chi connectivity index (χ3v) is 2.86. The summed E-state index contributed by atoms with van der Waals surface area (Å²) < 4.78 is 5.15. The first-order valence-electron chi connectivity index (χ1n) is 6.10. The van der Waals surface area contributed by atoms with Crippen molar-refractivity contribution in [1.82, 2.24) is 25.3 Å². The summed E-state index contributed by atoms with van der Waals surface area (Å²) in [4.78, 5) is 21.6. The van der Waals surface area contributed by atoms with E-state index in [1.54, 1.807) is 11.1 Å². The van der Waals surface area contributed by atoms with Crippen molar-refractivity contribution in [3.63, 3.8) is 0 Å². The average molecular weight is 259 g/mol. The fourth-order valence-electron chi connectivity index (χ4n) is 1.91. The average Bonchev–Trinajstić information content (AvgIpc) is 2.91. The summed E-state index contributed by atoms with van der Waals surface area (Å²) in [6.45, 7) is 1.75. The van der Waals surface area contributed by atoms with Gasteiger partial charge in [0.2, 0.25) is 11.7 Å². The molecule has 0 bridgehead atoms. The van der Waals surface area contributed by atoms with Crippen molar-refractivity contribution in [3.8, 4) is 11.5 Å². The Labute approximate surface area is 109 Å². The van der Waals surface area contributed by atoms with Crippen LogP contribution >= 0.6 is 0 Å². The highest BCUT2D eigenvalue weighted by atomic mass is 16.5. The van der Waals surface area contributed by atoms with Crippen LogP contribution in [0.3, 0.4) is 0 Å². The Bertz CT molecular complexity index is 569. The molecule has 1 saturated heterocycles. The van der Waals surface area contributed by atoms with Gasteiger partial charge in [0, 0.05) is 19.3 Å². The molecule has 2 aromatic heterocycles. The summed E-state index contributed by atoms with van der Waals surface area (Å²) in [5.74, 6) is 0.853. The molecule has 7 nitrogen and oxygen atoms in total. The number of hydrogen-bond acceptors (Lipinski definition) is 5. The summed E-state index contributed by atoms with van der Waals surface area (Å²) in [5, 5.41) is 6.65. The maximum Gasteiger partial charge on any atom is 0.317 e. The molecule has 2 amide bonds. The molecule has 1 aliphatic heterocycles. The Morgan fingerprint density at radius 2 is 2.37 bits per heavy atom. The second-order valence-corrected chi connectivity index (χ2v) is 4.23. The molecule has 0 spiro atoms. The summed E-state index contributed by atoms with van der Waals surface area (Å²) >= 11 is 0. The van der Waals surface area contributed by atoms with Gasteiger partial charge in [-0.2, -0.15) is 4.98 Å². The number of amides is 2. The van der Waals surface area contributed by atoms with Crippen LogP contribution in [0.1, 0.15) is 12.3 Å². The highest BCUT2D eigenvalue weighted by Crippen LogP contribution is 2.13. The van der Waals surface area contributed by atoms with E-state index in [0.29, 0.717) is 30.5 Å². The molecule has 0 saturated carbocycles. The first-order chi connectivity index (χ1) is 9.33. The van der Waals surface area contributed by atoms with Crippen LogP contribution in [0.5, 0.6) is 0 Å². The van der Waals surface area contributed by atoms with Crippen LogP contribution in [0.2, 0.25) is 0 Å². The van der Waals surface area contributed by atoms with Crippen LogP contribution in [0.15, 0.2) is 28.9 Å². The van der Waals surface area contributed by atoms with Crippen molar-refractivity contribution in [2.24, 2.45) is 0 Å². The predicted octanol–water partition coefficient (Wildman–Crippen LogP) is 1.05. The van der Waals surface area contributed by atoms with E-state index in [1.165, 1.54) is 0 Å². The Morgan fingerprint density at radius 1 is 1.42 bits per heavy atom. The Kier molecular flexibility index (Phi) is 3.09. The number of rotatable bonds is 3. The highest BCUT2D eigenvalue weighted by Gasteiger charge is 2.20. The van der Waals surface area contributed by atoms with Gasteiger partial charge < -0.3 is 14.7 Å². The zero-order chi connectivity index (χ0) is 13.1. The van der Waals surface area contributed by atoms with Crippen LogP contribution in [-0.4, -0.2) is 39.1 Å². The fraction of sp³-hybridized carbons (Fsp3) is 0.333. The lowest BCUT2D eigenvalue weighted by Gasteiger charge is -2.25. The van der Waals surface area contributed by atoms with Gasteiger partial charge in [-0.1, -0.05) is 11.2 Å². The molecular formula is C12H13N5O2. The molecule has 3 rings (SSSR count). The second kappa shape index (κ2) is 5.05. The van der Waals surface area contributed by atoms with E-state index in [4.69, 9.17) is 4.52 Å². The van der Waals surface area contributed by atoms with E-state index in [1.807, 2.05) is 18.2 Å². The van der Waals surface area contributed by atoms with Gasteiger partial charge in [-0.3, -0.25) is 4.98 Å². The van der Waals surface area contributed by atoms with Crippen LogP contribution in [0.4, 0.5) is 4.79 Å². The monoisotopic (exact) mass is 259 g/mol. The third-order valence-electron chi connectivity index (χ3n) is 2.86. The minimum absolute atomic E-state index is 0.0937. The van der Waals surface area contributed by atoms with Crippen molar-refractivity contribution < 1.29 is 9.32 Å². The molecule has 0 aliphatic carbocycles. The smallest absolute Gasteiger partial charge is 0.317 e. The molecule has 3 heterocycles. The molecule has 0 atom stereocenters. The van der Waals surface area contributed by atoms with Crippen molar-refractivity contribution in [3.05, 3.63) is 30.3 Å². The quantitative estimate of drug-likeness (QED) is 0.890. The maximum absolute atomic E-state index is 11.6. The molecule has 2 aromatic rings. The van der Waals surface area contributed by atoms with Crippen molar-refractivity contribution in [2.75, 3.05) is 13.1 Å². The molecule has 0 unspecified atom stereocenters. The Morgan fingerprint density at radius 3 is 3.16 bits per heavy atom. The molecule has 1 aliphatic rings. The second-order valence-electron chi connectivity index (χ2n) is 4.23. The van der Waals surface area contributed by atoms with Crippen LogP contribution in [-0.2, 0) is 6.54 Å². The summed E-state index contributed by atoms with van der Waals surface area (Å²) in [7, 11) is 0. The molecule has 0 aromatic carbocycles. The van der Waals surface area contributed by atoms with Crippen molar-refractivity contribution in [2.45, 2.75) is 13.0 Å². The molecule has 19 heavy (non-hydrogen) atoms. The van der Waals surface area contributed by atoms with Crippen molar-refractivity contribution in [1.29, 1.82) is 0 Å². The molecule has 1 N–H and O–H groups in total. The van der Waals surface area contributed by atoms with Gasteiger partial charge in [-0.15, -0.1) is 0 Å². The van der Waals surface area contributed by atoms with Gasteiger partial charge in [0.25, 0.3) is 0 Å². The van der Waals surface area contributed by atoms with Crippen LogP contribution < -0.4 is 5.32 Å². The van der Waals surface area contributed by atoms with E-state index in [9.17, 15) is 4.79 Å². The van der Waals surface area contributed by atoms with Gasteiger partial charge in [-0.05, 0) is 18.6 Å². The van der Waals surface area contributed by atoms with Gasteiger partial charge in [0.05, 0.1) is 0 Å². The highest BCUT2D eigenvalue weighted by molar-refractivity contribution is 5.74. The van der Waals surface area contributed by atoms with E-state index >= 15 is 0 Å². The number of urea groups is 1. The van der Waals surface area contributed by atoms with E-state index in [2.05, 4.69) is 20.4 Å². The van der Waals surface area contributed by atoms with Gasteiger partial charge in [-0.25, -0.2) is 4.79 Å². The summed E-state index contributed by atoms with van der Waals surface area (Å²) in [6, 6.07) is 5.39. The Hall–Kier alpha value is -2.44. The molecular weight excluding hydrogens is 246 g/mol. The number of nitrogens with zero attached hydrogens (tertiary/aromatic N) is 4. The molecule has 0 radical (unpaired) electrons. The van der Waals surface area contributed by atoms with Gasteiger partial charge >= 0.3 is 6.03 Å². The lowest BCUT2D eigenvalue weighted by Crippen LogP contribution is -2.45. The van der Waals surface area contributed by atoms with Gasteiger partial charge in [0.1, 0.15) is 12.2 Å². The number of nitrogens with one attached hydrogen (secondary N) is 1. The number of aromatic nitrogens is 3. The number of carbonyl (C=O) groups is 1. The minimum atomic E-state index is -0.0937. The molecule has 7 heteroatoms. The normalized spacial score (nSPS) is 15.4. The largest absolute Gasteiger partial charge is 0.338 e. The van der Waals surface area contributed by atoms with E-state index < -0.39 is 0 Å². The van der Waals surface area contributed by atoms with Gasteiger partial charge in [0.15, 0.2) is 0 Å². The zero-order valence-electron chi connectivity index (χ0n) is 10.2. The lowest BCUT2D eigenvalue weighted by molar-refractivity contribution is 0.174. The standard InChI is InChI=1S/C12H13N5O2/c18-12-14-6-3-7-17(12)8-10-15-11(16-19-10)9-4-1-2-5-13-9/h1-2,4-5H,3,6-8H2,(H,14,18). The maximum atomic E-state index is 11.6. The Balaban J connectivity index is 1.73. The molecule has 98 valence electrons. The number of carbonyl (C=O) groups excluding carboxylic acids is 1. The van der Waals surface area contributed by atoms with Crippen LogP contribution in [0.25, 0.3) is 11.5 Å². The zero-order valence-corrected chi connectivity index (χ0v) is 10.2. The predicted molar refractivity (Wildman–Crippen MR) is 66.0 cm³/mol. The fourth-order valence-corrected chi connectivity index (χ4v) is 1.91. The summed E-state index contributed by atoms with van der Waals surface area (Å²) in [6.07, 6.45) is 2.59. The third kappa shape index (κ3) is 2.54. The minimum Gasteiger partial charge on any atom is -0.338 e. The number of hydrogen-bond donors (Lipinski definition) is 1. The summed E-state index contributed by atoms with van der Waals surface area (Å²) in [5.41, 5.74) is 0.653. The lowest BCUT2D eigenvalue weighted by atomic mass is 10.3.